The van der Waals surface area contributed by atoms with Gasteiger partial charge >= 0.3 is 0 Å². The first-order valence-electron chi connectivity index (χ1n) is 10.3. The van der Waals surface area contributed by atoms with Crippen LogP contribution in [0.2, 0.25) is 0 Å². The molecule has 11 heteroatoms. The van der Waals surface area contributed by atoms with Gasteiger partial charge in [-0.3, -0.25) is 19.1 Å². The summed E-state index contributed by atoms with van der Waals surface area (Å²) in [6.45, 7) is 1.95. The van der Waals surface area contributed by atoms with E-state index in [0.29, 0.717) is 29.9 Å². The molecule has 1 amide bonds. The van der Waals surface area contributed by atoms with Gasteiger partial charge < -0.3 is 14.8 Å². The molecule has 0 spiro atoms. The van der Waals surface area contributed by atoms with Crippen LogP contribution in [0.4, 0.5) is 0 Å². The van der Waals surface area contributed by atoms with Crippen molar-refractivity contribution in [1.29, 1.82) is 0 Å². The molecule has 33 heavy (non-hydrogen) atoms. The zero-order chi connectivity index (χ0) is 22.8. The Kier molecular flexibility index (Phi) is 5.27. The third kappa shape index (κ3) is 3.91. The Bertz CT molecular complexity index is 1310. The Hall–Kier alpha value is -4.54. The van der Waals surface area contributed by atoms with Gasteiger partial charge in [-0.25, -0.2) is 10.4 Å². The van der Waals surface area contributed by atoms with Gasteiger partial charge in [-0.2, -0.15) is 5.10 Å². The highest BCUT2D eigenvalue weighted by Gasteiger charge is 2.30. The highest BCUT2D eigenvalue weighted by atomic mass is 16.5. The number of H-pyrrole nitrogens is 1. The lowest BCUT2D eigenvalue weighted by atomic mass is 9.97. The van der Waals surface area contributed by atoms with E-state index in [9.17, 15) is 9.59 Å². The van der Waals surface area contributed by atoms with Crippen molar-refractivity contribution in [2.45, 2.75) is 19.8 Å². The topological polar surface area (TPSA) is 143 Å². The molecule has 3 aromatic rings. The van der Waals surface area contributed by atoms with E-state index in [-0.39, 0.29) is 11.8 Å². The third-order valence-corrected chi connectivity index (χ3v) is 5.49. The van der Waals surface area contributed by atoms with Gasteiger partial charge in [0, 0.05) is 54.8 Å². The van der Waals surface area contributed by atoms with Crippen molar-refractivity contribution in [1.82, 2.24) is 30.4 Å². The Balaban J connectivity index is 1.51. The lowest BCUT2D eigenvalue weighted by molar-refractivity contribution is -0.120. The molecular formula is C22H20N8O3. The van der Waals surface area contributed by atoms with Gasteiger partial charge in [0.15, 0.2) is 0 Å². The molecule has 0 bridgehead atoms. The van der Waals surface area contributed by atoms with E-state index in [2.05, 4.69) is 36.0 Å². The lowest BCUT2D eigenvalue weighted by Crippen LogP contribution is -2.32. The molecule has 166 valence electrons. The molecule has 11 nitrogen and oxygen atoms in total. The van der Waals surface area contributed by atoms with Crippen LogP contribution >= 0.6 is 0 Å². The quantitative estimate of drug-likeness (QED) is 0.531. The molecule has 2 aliphatic heterocycles. The number of aryl methyl sites for hydroxylation is 1. The Labute approximate surface area is 188 Å². The van der Waals surface area contributed by atoms with E-state index in [1.54, 1.807) is 30.9 Å². The van der Waals surface area contributed by atoms with Crippen LogP contribution in [0.25, 0.3) is 17.3 Å². The maximum Gasteiger partial charge on any atom is 0.254 e. The van der Waals surface area contributed by atoms with E-state index >= 15 is 0 Å². The molecule has 3 aromatic heterocycles. The number of allylic oxidation sites excluding steroid dienone is 1. The fourth-order valence-corrected chi connectivity index (χ4v) is 3.92. The number of nitrogens with one attached hydrogen (secondary N) is 3. The number of aromatic amines is 1. The van der Waals surface area contributed by atoms with Crippen LogP contribution in [0.5, 0.6) is 0 Å². The Morgan fingerprint density at radius 1 is 1.36 bits per heavy atom. The second-order valence-corrected chi connectivity index (χ2v) is 7.53. The van der Waals surface area contributed by atoms with Crippen LogP contribution in [0.1, 0.15) is 28.2 Å². The van der Waals surface area contributed by atoms with Crippen molar-refractivity contribution in [2.24, 2.45) is 16.0 Å². The highest BCUT2D eigenvalue weighted by Crippen LogP contribution is 2.32. The van der Waals surface area contributed by atoms with Crippen molar-refractivity contribution in [2.75, 3.05) is 0 Å². The van der Waals surface area contributed by atoms with Gasteiger partial charge in [-0.15, -0.1) is 0 Å². The number of aromatic nitrogens is 4. The summed E-state index contributed by atoms with van der Waals surface area (Å²) in [5.41, 5.74) is 7.72. The molecule has 1 atom stereocenters. The maximum absolute atomic E-state index is 12.5. The first-order chi connectivity index (χ1) is 16.1. The minimum atomic E-state index is -0.590. The molecule has 0 aliphatic carbocycles. The number of hydrazone groups is 1. The second-order valence-electron chi connectivity index (χ2n) is 7.53. The van der Waals surface area contributed by atoms with Crippen molar-refractivity contribution in [3.63, 3.8) is 0 Å². The minimum Gasteiger partial charge on any atom is -0.364 e. The monoisotopic (exact) mass is 444 g/mol. The first kappa shape index (κ1) is 20.4. The van der Waals surface area contributed by atoms with Crippen LogP contribution in [0.15, 0.2) is 63.8 Å². The first-order valence-corrected chi connectivity index (χ1v) is 10.3. The summed E-state index contributed by atoms with van der Waals surface area (Å²) >= 11 is 0. The zero-order valence-electron chi connectivity index (χ0n) is 17.6. The number of hydrogen-bond acceptors (Lipinski definition) is 8. The second kappa shape index (κ2) is 8.54. The largest absolute Gasteiger partial charge is 0.364 e. The van der Waals surface area contributed by atoms with Crippen molar-refractivity contribution < 1.29 is 14.1 Å². The maximum atomic E-state index is 12.5. The smallest absolute Gasteiger partial charge is 0.254 e. The van der Waals surface area contributed by atoms with Crippen LogP contribution < -0.4 is 10.7 Å². The number of carbonyl (C=O) groups excluding carboxylic acids is 2. The highest BCUT2D eigenvalue weighted by molar-refractivity contribution is 6.24. The minimum absolute atomic E-state index is 0.0563. The molecule has 0 saturated heterocycles. The summed E-state index contributed by atoms with van der Waals surface area (Å²) in [6, 6.07) is 1.77. The van der Waals surface area contributed by atoms with Crippen LogP contribution in [-0.2, 0) is 11.2 Å². The number of imidazole rings is 1. The average molecular weight is 444 g/mol. The predicted octanol–water partition coefficient (Wildman–Crippen LogP) is 2.04. The number of carbonyl (C=O) groups is 2. The van der Waals surface area contributed by atoms with E-state index in [1.165, 1.54) is 23.4 Å². The standard InChI is InChI=1S/C22H20N8O3/c1-13-14(2-3-19(31)30-8-7-23-12-30)20(16-4-9-33-29-16)17(27-13)10-18-21(25-6-5-24-18)15-11-26-28-22(15)32/h4-12,15,24,27H,2-3H2,1H3,(H,28,32). The number of aliphatic imine (C=N–C) groups is 1. The van der Waals surface area contributed by atoms with Gasteiger partial charge in [0.05, 0.1) is 17.1 Å². The van der Waals surface area contributed by atoms with Crippen molar-refractivity contribution in [3.05, 3.63) is 66.1 Å². The Morgan fingerprint density at radius 2 is 2.27 bits per heavy atom. The SMILES string of the molecule is Cc1[nH]c(C=C2NC=CN=C2C2C=NNC2=O)c(-c2ccon2)c1CCC(=O)n1ccnc1. The molecule has 2 aliphatic rings. The van der Waals surface area contributed by atoms with E-state index in [1.807, 2.05) is 13.0 Å². The zero-order valence-corrected chi connectivity index (χ0v) is 17.6. The van der Waals surface area contributed by atoms with Gasteiger partial charge in [-0.05, 0) is 25.0 Å². The molecule has 0 saturated carbocycles. The van der Waals surface area contributed by atoms with Crippen LogP contribution in [0.3, 0.4) is 0 Å². The molecule has 0 radical (unpaired) electrons. The van der Waals surface area contributed by atoms with E-state index in [4.69, 9.17) is 4.52 Å². The number of rotatable bonds is 6. The van der Waals surface area contributed by atoms with Gasteiger partial charge in [0.1, 0.15) is 24.2 Å². The van der Waals surface area contributed by atoms with E-state index < -0.39 is 5.92 Å². The summed E-state index contributed by atoms with van der Waals surface area (Å²) in [5.74, 6) is -0.887. The molecule has 0 aromatic carbocycles. The average Bonchev–Trinajstić information content (AvgIpc) is 3.61. The summed E-state index contributed by atoms with van der Waals surface area (Å²) in [7, 11) is 0. The molecule has 5 rings (SSSR count). The summed E-state index contributed by atoms with van der Waals surface area (Å²) in [6.07, 6.45) is 13.7. The molecule has 1 unspecified atom stereocenters. The van der Waals surface area contributed by atoms with Crippen LogP contribution in [0, 0.1) is 12.8 Å². The van der Waals surface area contributed by atoms with Crippen molar-refractivity contribution in [3.8, 4) is 11.3 Å². The Morgan fingerprint density at radius 3 is 3.00 bits per heavy atom. The van der Waals surface area contributed by atoms with Gasteiger partial charge in [0.25, 0.3) is 5.91 Å². The number of nitrogens with zero attached hydrogens (tertiary/aromatic N) is 5. The van der Waals surface area contributed by atoms with Crippen LogP contribution in [-0.4, -0.2) is 43.4 Å². The summed E-state index contributed by atoms with van der Waals surface area (Å²) in [4.78, 5) is 36.4. The lowest BCUT2D eigenvalue weighted by Gasteiger charge is -2.16. The van der Waals surface area contributed by atoms with Gasteiger partial charge in [0.2, 0.25) is 5.91 Å². The number of amides is 1. The molecule has 0 fully saturated rings. The third-order valence-electron chi connectivity index (χ3n) is 5.49. The predicted molar refractivity (Wildman–Crippen MR) is 120 cm³/mol. The van der Waals surface area contributed by atoms with Crippen molar-refractivity contribution >= 4 is 29.8 Å². The summed E-state index contributed by atoms with van der Waals surface area (Å²) in [5, 5.41) is 11.1. The van der Waals surface area contributed by atoms with E-state index in [0.717, 1.165) is 22.5 Å². The molecular weight excluding hydrogens is 424 g/mol. The molecule has 5 heterocycles. The van der Waals surface area contributed by atoms with Gasteiger partial charge in [-0.1, -0.05) is 5.16 Å². The fraction of sp³-hybridized carbons (Fsp3) is 0.182. The normalized spacial score (nSPS) is 18.5. The summed E-state index contributed by atoms with van der Waals surface area (Å²) < 4.78 is 6.56. The molecule has 3 N–H and O–H groups in total. The fourth-order valence-electron chi connectivity index (χ4n) is 3.92. The number of hydrogen-bond donors (Lipinski definition) is 3.